The Kier molecular flexibility index (Phi) is 6.98. The summed E-state index contributed by atoms with van der Waals surface area (Å²) in [6.07, 6.45) is 3.01. The zero-order valence-electron chi connectivity index (χ0n) is 15.4. The molecule has 1 aromatic rings. The van der Waals surface area contributed by atoms with Gasteiger partial charge in [-0.2, -0.15) is 17.0 Å². The molecule has 0 unspecified atom stereocenters. The van der Waals surface area contributed by atoms with Gasteiger partial charge in [0.05, 0.1) is 0 Å². The van der Waals surface area contributed by atoms with Gasteiger partial charge < -0.3 is 5.32 Å². The van der Waals surface area contributed by atoms with Gasteiger partial charge in [0.15, 0.2) is 0 Å². The Hall–Kier alpha value is -1.44. The maximum Gasteiger partial charge on any atom is 0.281 e. The largest absolute Gasteiger partial charge is 0.356 e. The van der Waals surface area contributed by atoms with Crippen molar-refractivity contribution in [3.8, 4) is 0 Å². The van der Waals surface area contributed by atoms with Gasteiger partial charge in [-0.3, -0.25) is 4.79 Å². The molecule has 1 amide bonds. The van der Waals surface area contributed by atoms with Gasteiger partial charge in [-0.15, -0.1) is 0 Å². The monoisotopic (exact) mass is 367 g/mol. The van der Waals surface area contributed by atoms with Crippen molar-refractivity contribution in [3.05, 3.63) is 35.4 Å². The molecule has 25 heavy (non-hydrogen) atoms. The number of piperidine rings is 1. The van der Waals surface area contributed by atoms with Crippen molar-refractivity contribution in [2.75, 3.05) is 33.7 Å². The summed E-state index contributed by atoms with van der Waals surface area (Å²) in [6.45, 7) is 3.54. The van der Waals surface area contributed by atoms with Crippen molar-refractivity contribution in [3.63, 3.8) is 0 Å². The van der Waals surface area contributed by atoms with Crippen molar-refractivity contribution in [1.82, 2.24) is 13.9 Å². The van der Waals surface area contributed by atoms with E-state index in [1.807, 2.05) is 0 Å². The molecule has 0 radical (unpaired) electrons. The summed E-state index contributed by atoms with van der Waals surface area (Å²) in [5.74, 6) is -0.0428. The van der Waals surface area contributed by atoms with Crippen LogP contribution in [0.15, 0.2) is 24.3 Å². The Balaban J connectivity index is 1.70. The molecule has 7 heteroatoms. The summed E-state index contributed by atoms with van der Waals surface area (Å²) in [6, 6.07) is 8.41. The first-order valence-corrected chi connectivity index (χ1v) is 10.2. The SMILES string of the molecule is Cc1cccc(CCCNC(=O)C2CCN(S(=O)(=O)N(C)C)CC2)c1. The van der Waals surface area contributed by atoms with Gasteiger partial charge in [0.25, 0.3) is 10.2 Å². The second-order valence-corrected chi connectivity index (χ2v) is 8.99. The normalized spacial score (nSPS) is 17.0. The molecule has 1 fully saturated rings. The summed E-state index contributed by atoms with van der Waals surface area (Å²) in [4.78, 5) is 12.3. The average Bonchev–Trinajstić information content (AvgIpc) is 2.58. The molecule has 0 aliphatic carbocycles. The highest BCUT2D eigenvalue weighted by Gasteiger charge is 2.31. The van der Waals surface area contributed by atoms with E-state index in [1.54, 1.807) is 0 Å². The van der Waals surface area contributed by atoms with E-state index in [1.165, 1.54) is 33.8 Å². The maximum absolute atomic E-state index is 12.3. The average molecular weight is 368 g/mol. The summed E-state index contributed by atoms with van der Waals surface area (Å²) in [5, 5.41) is 3.00. The summed E-state index contributed by atoms with van der Waals surface area (Å²) in [5.41, 5.74) is 2.54. The number of carbonyl (C=O) groups excluding carboxylic acids is 1. The van der Waals surface area contributed by atoms with Crippen LogP contribution in [0.1, 0.15) is 30.4 Å². The van der Waals surface area contributed by atoms with Crippen LogP contribution in [0, 0.1) is 12.8 Å². The van der Waals surface area contributed by atoms with Crippen LogP contribution in [0.5, 0.6) is 0 Å². The van der Waals surface area contributed by atoms with Crippen molar-refractivity contribution >= 4 is 16.1 Å². The van der Waals surface area contributed by atoms with Gasteiger partial charge in [0.2, 0.25) is 5.91 Å². The molecule has 1 aliphatic heterocycles. The molecule has 1 heterocycles. The topological polar surface area (TPSA) is 69.7 Å². The molecule has 0 bridgehead atoms. The number of aryl methyl sites for hydroxylation is 2. The zero-order valence-corrected chi connectivity index (χ0v) is 16.2. The van der Waals surface area contributed by atoms with Crippen molar-refractivity contribution in [1.29, 1.82) is 0 Å². The first kappa shape index (κ1) is 19.9. The minimum absolute atomic E-state index is 0.0474. The van der Waals surface area contributed by atoms with Gasteiger partial charge in [0, 0.05) is 39.6 Å². The lowest BCUT2D eigenvalue weighted by molar-refractivity contribution is -0.126. The molecule has 1 aliphatic rings. The summed E-state index contributed by atoms with van der Waals surface area (Å²) in [7, 11) is -0.309. The highest BCUT2D eigenvalue weighted by Crippen LogP contribution is 2.20. The molecule has 0 saturated carbocycles. The smallest absolute Gasteiger partial charge is 0.281 e. The molecule has 1 saturated heterocycles. The fraction of sp³-hybridized carbons (Fsp3) is 0.611. The third-order valence-corrected chi connectivity index (χ3v) is 6.58. The number of benzene rings is 1. The second-order valence-electron chi connectivity index (χ2n) is 6.85. The van der Waals surface area contributed by atoms with Crippen LogP contribution in [0.3, 0.4) is 0 Å². The number of nitrogens with zero attached hydrogens (tertiary/aromatic N) is 2. The Morgan fingerprint density at radius 1 is 1.28 bits per heavy atom. The van der Waals surface area contributed by atoms with Crippen LogP contribution in [0.4, 0.5) is 0 Å². The Morgan fingerprint density at radius 3 is 2.56 bits per heavy atom. The highest BCUT2D eigenvalue weighted by molar-refractivity contribution is 7.86. The van der Waals surface area contributed by atoms with Crippen LogP contribution >= 0.6 is 0 Å². The fourth-order valence-electron chi connectivity index (χ4n) is 3.10. The van der Waals surface area contributed by atoms with Crippen molar-refractivity contribution in [2.24, 2.45) is 5.92 Å². The number of hydrogen-bond donors (Lipinski definition) is 1. The summed E-state index contributed by atoms with van der Waals surface area (Å²) < 4.78 is 26.8. The van der Waals surface area contributed by atoms with E-state index in [4.69, 9.17) is 0 Å². The van der Waals surface area contributed by atoms with Gasteiger partial charge in [-0.05, 0) is 38.2 Å². The van der Waals surface area contributed by atoms with Gasteiger partial charge in [0.1, 0.15) is 0 Å². The number of amides is 1. The van der Waals surface area contributed by atoms with Crippen molar-refractivity contribution in [2.45, 2.75) is 32.6 Å². The lowest BCUT2D eigenvalue weighted by atomic mass is 9.97. The molecule has 0 spiro atoms. The van der Waals surface area contributed by atoms with Crippen LogP contribution in [-0.4, -0.2) is 56.7 Å². The second kappa shape index (κ2) is 8.78. The zero-order chi connectivity index (χ0) is 18.4. The Bertz CT molecular complexity index is 681. The highest BCUT2D eigenvalue weighted by atomic mass is 32.2. The van der Waals surface area contributed by atoms with Gasteiger partial charge in [-0.25, -0.2) is 0 Å². The maximum atomic E-state index is 12.3. The standard InChI is InChI=1S/C18H29N3O3S/c1-15-6-4-7-16(14-15)8-5-11-19-18(22)17-9-12-21(13-10-17)25(23,24)20(2)3/h4,6-7,14,17H,5,8-13H2,1-3H3,(H,19,22). The van der Waals surface area contributed by atoms with Crippen LogP contribution in [0.2, 0.25) is 0 Å². The van der Waals surface area contributed by atoms with Gasteiger partial charge >= 0.3 is 0 Å². The van der Waals surface area contributed by atoms with E-state index >= 15 is 0 Å². The molecule has 0 atom stereocenters. The van der Waals surface area contributed by atoms with Gasteiger partial charge in [-0.1, -0.05) is 29.8 Å². The quantitative estimate of drug-likeness (QED) is 0.744. The number of rotatable bonds is 7. The minimum Gasteiger partial charge on any atom is -0.356 e. The Morgan fingerprint density at radius 2 is 1.96 bits per heavy atom. The molecular weight excluding hydrogens is 338 g/mol. The molecule has 0 aromatic heterocycles. The molecule has 1 aromatic carbocycles. The molecule has 140 valence electrons. The fourth-order valence-corrected chi connectivity index (χ4v) is 4.23. The van der Waals surface area contributed by atoms with Crippen molar-refractivity contribution < 1.29 is 13.2 Å². The summed E-state index contributed by atoms with van der Waals surface area (Å²) >= 11 is 0. The van der Waals surface area contributed by atoms with E-state index in [-0.39, 0.29) is 11.8 Å². The Labute approximate surface area is 151 Å². The molecular formula is C18H29N3O3S. The predicted octanol–water partition coefficient (Wildman–Crippen LogP) is 1.56. The van der Waals surface area contributed by atoms with Crippen LogP contribution in [0.25, 0.3) is 0 Å². The molecule has 1 N–H and O–H groups in total. The predicted molar refractivity (Wildman–Crippen MR) is 99.4 cm³/mol. The minimum atomic E-state index is -3.37. The first-order chi connectivity index (χ1) is 11.8. The van der Waals surface area contributed by atoms with E-state index < -0.39 is 10.2 Å². The lowest BCUT2D eigenvalue weighted by Gasteiger charge is -2.32. The third-order valence-electron chi connectivity index (χ3n) is 4.64. The third kappa shape index (κ3) is 5.52. The molecule has 2 rings (SSSR count). The lowest BCUT2D eigenvalue weighted by Crippen LogP contribution is -2.46. The molecule has 6 nitrogen and oxygen atoms in total. The number of hydrogen-bond acceptors (Lipinski definition) is 3. The van der Waals surface area contributed by atoms with E-state index in [0.29, 0.717) is 32.5 Å². The van der Waals surface area contributed by atoms with E-state index in [0.717, 1.165) is 12.8 Å². The first-order valence-electron chi connectivity index (χ1n) is 8.81. The number of nitrogens with one attached hydrogen (secondary N) is 1. The van der Waals surface area contributed by atoms with E-state index in [2.05, 4.69) is 36.5 Å². The van der Waals surface area contributed by atoms with E-state index in [9.17, 15) is 13.2 Å². The number of carbonyl (C=O) groups is 1. The van der Waals surface area contributed by atoms with Crippen LogP contribution < -0.4 is 5.32 Å². The van der Waals surface area contributed by atoms with Crippen LogP contribution in [-0.2, 0) is 21.4 Å².